The molecule has 0 saturated heterocycles. The standard InChI is InChI=1S/C14H13N3O/c15-12-8-6-10(7-9-12)13-16-14(18-17-13)11-4-2-1-3-5-11/h1-9,14H,15H2,(H,16,17). The highest BCUT2D eigenvalue weighted by molar-refractivity contribution is 5.99. The molecule has 1 aliphatic rings. The molecule has 3 N–H and O–H groups in total. The second-order valence-electron chi connectivity index (χ2n) is 4.10. The molecule has 1 unspecified atom stereocenters. The first-order valence-corrected chi connectivity index (χ1v) is 5.74. The van der Waals surface area contributed by atoms with E-state index in [0.717, 1.165) is 22.6 Å². The summed E-state index contributed by atoms with van der Waals surface area (Å²) < 4.78 is 0. The van der Waals surface area contributed by atoms with Gasteiger partial charge in [0.2, 0.25) is 6.23 Å². The lowest BCUT2D eigenvalue weighted by molar-refractivity contribution is 0.0729. The van der Waals surface area contributed by atoms with Gasteiger partial charge < -0.3 is 15.9 Å². The van der Waals surface area contributed by atoms with Crippen molar-refractivity contribution in [2.75, 3.05) is 5.73 Å². The predicted octanol–water partition coefficient (Wildman–Crippen LogP) is 2.25. The molecular formula is C14H13N3O. The fourth-order valence-electron chi connectivity index (χ4n) is 1.83. The van der Waals surface area contributed by atoms with Crippen molar-refractivity contribution < 1.29 is 4.84 Å². The lowest BCUT2D eigenvalue weighted by atomic mass is 10.1. The van der Waals surface area contributed by atoms with E-state index < -0.39 is 0 Å². The van der Waals surface area contributed by atoms with E-state index in [9.17, 15) is 0 Å². The molecule has 0 saturated carbocycles. The SMILES string of the molecule is Nc1ccc(C2=NOC(c3ccccc3)N2)cc1. The van der Waals surface area contributed by atoms with Gasteiger partial charge in [-0.3, -0.25) is 0 Å². The first kappa shape index (κ1) is 10.7. The number of nitrogens with zero attached hydrogens (tertiary/aromatic N) is 1. The van der Waals surface area contributed by atoms with E-state index in [1.54, 1.807) is 0 Å². The van der Waals surface area contributed by atoms with Crippen LogP contribution in [0.5, 0.6) is 0 Å². The van der Waals surface area contributed by atoms with E-state index in [-0.39, 0.29) is 6.23 Å². The average molecular weight is 239 g/mol. The van der Waals surface area contributed by atoms with Crippen LogP contribution >= 0.6 is 0 Å². The highest BCUT2D eigenvalue weighted by Gasteiger charge is 2.21. The zero-order valence-corrected chi connectivity index (χ0v) is 9.71. The smallest absolute Gasteiger partial charge is 0.224 e. The molecule has 0 fully saturated rings. The topological polar surface area (TPSA) is 59.6 Å². The quantitative estimate of drug-likeness (QED) is 0.790. The molecule has 0 spiro atoms. The second kappa shape index (κ2) is 4.41. The average Bonchev–Trinajstić information content (AvgIpc) is 2.90. The minimum Gasteiger partial charge on any atom is -0.399 e. The Labute approximate surface area is 105 Å². The number of rotatable bonds is 2. The Balaban J connectivity index is 1.77. The van der Waals surface area contributed by atoms with Crippen LogP contribution in [0.2, 0.25) is 0 Å². The van der Waals surface area contributed by atoms with Gasteiger partial charge in [0.1, 0.15) is 0 Å². The van der Waals surface area contributed by atoms with Crippen LogP contribution in [0.25, 0.3) is 0 Å². The van der Waals surface area contributed by atoms with Gasteiger partial charge in [-0.15, -0.1) is 0 Å². The van der Waals surface area contributed by atoms with Gasteiger partial charge in [0.05, 0.1) is 0 Å². The largest absolute Gasteiger partial charge is 0.399 e. The normalized spacial score (nSPS) is 17.8. The number of oxime groups is 1. The molecule has 1 atom stereocenters. The van der Waals surface area contributed by atoms with Gasteiger partial charge in [-0.25, -0.2) is 0 Å². The van der Waals surface area contributed by atoms with Crippen LogP contribution in [0, 0.1) is 0 Å². The molecule has 4 heteroatoms. The number of nitrogens with two attached hydrogens (primary N) is 1. The summed E-state index contributed by atoms with van der Waals surface area (Å²) in [6.45, 7) is 0. The number of anilines is 1. The van der Waals surface area contributed by atoms with Crippen molar-refractivity contribution in [2.24, 2.45) is 5.16 Å². The summed E-state index contributed by atoms with van der Waals surface area (Å²) in [6, 6.07) is 17.4. The molecule has 90 valence electrons. The van der Waals surface area contributed by atoms with Gasteiger partial charge >= 0.3 is 0 Å². The molecule has 1 heterocycles. The number of hydrogen-bond donors (Lipinski definition) is 2. The van der Waals surface area contributed by atoms with E-state index in [1.807, 2.05) is 54.6 Å². The first-order valence-electron chi connectivity index (χ1n) is 5.74. The van der Waals surface area contributed by atoms with Crippen LogP contribution in [0.15, 0.2) is 59.8 Å². The van der Waals surface area contributed by atoms with E-state index in [4.69, 9.17) is 10.6 Å². The molecule has 1 aliphatic heterocycles. The van der Waals surface area contributed by atoms with E-state index in [0.29, 0.717) is 0 Å². The molecule has 4 nitrogen and oxygen atoms in total. The summed E-state index contributed by atoms with van der Waals surface area (Å²) in [5, 5.41) is 7.29. The Morgan fingerprint density at radius 1 is 1.00 bits per heavy atom. The van der Waals surface area contributed by atoms with E-state index >= 15 is 0 Å². The molecule has 3 rings (SSSR count). The molecule has 0 radical (unpaired) electrons. The summed E-state index contributed by atoms with van der Waals surface area (Å²) >= 11 is 0. The number of nitrogens with one attached hydrogen (secondary N) is 1. The third-order valence-corrected chi connectivity index (χ3v) is 2.80. The van der Waals surface area contributed by atoms with Crippen LogP contribution in [0.4, 0.5) is 5.69 Å². The van der Waals surface area contributed by atoms with Crippen molar-refractivity contribution in [3.8, 4) is 0 Å². The molecule has 0 bridgehead atoms. The molecule has 18 heavy (non-hydrogen) atoms. The molecule has 2 aromatic rings. The fourth-order valence-corrected chi connectivity index (χ4v) is 1.83. The number of benzene rings is 2. The molecule has 0 aliphatic carbocycles. The lowest BCUT2D eigenvalue weighted by Gasteiger charge is -2.09. The highest BCUT2D eigenvalue weighted by atomic mass is 16.7. The van der Waals surface area contributed by atoms with Crippen LogP contribution in [0.3, 0.4) is 0 Å². The minimum atomic E-state index is -0.223. The van der Waals surface area contributed by atoms with Gasteiger partial charge in [0.15, 0.2) is 5.84 Å². The number of amidine groups is 1. The van der Waals surface area contributed by atoms with Crippen molar-refractivity contribution in [1.29, 1.82) is 0 Å². The molecule has 0 amide bonds. The third-order valence-electron chi connectivity index (χ3n) is 2.80. The fraction of sp³-hybridized carbons (Fsp3) is 0.0714. The maximum absolute atomic E-state index is 5.65. The van der Waals surface area contributed by atoms with Crippen molar-refractivity contribution in [1.82, 2.24) is 5.32 Å². The van der Waals surface area contributed by atoms with Crippen LogP contribution in [-0.4, -0.2) is 5.84 Å². The predicted molar refractivity (Wildman–Crippen MR) is 70.8 cm³/mol. The highest BCUT2D eigenvalue weighted by Crippen LogP contribution is 2.20. The first-order chi connectivity index (χ1) is 8.83. The van der Waals surface area contributed by atoms with E-state index in [1.165, 1.54) is 0 Å². The Bertz CT molecular complexity index is 563. The Hall–Kier alpha value is -2.49. The van der Waals surface area contributed by atoms with Crippen molar-refractivity contribution >= 4 is 11.5 Å². The summed E-state index contributed by atoms with van der Waals surface area (Å²) in [5.41, 5.74) is 8.39. The summed E-state index contributed by atoms with van der Waals surface area (Å²) in [6.07, 6.45) is -0.223. The summed E-state index contributed by atoms with van der Waals surface area (Å²) in [5.74, 6) is 0.726. The number of nitrogen functional groups attached to an aromatic ring is 1. The molecular weight excluding hydrogens is 226 g/mol. The van der Waals surface area contributed by atoms with Crippen molar-refractivity contribution in [3.63, 3.8) is 0 Å². The second-order valence-corrected chi connectivity index (χ2v) is 4.10. The molecule has 0 aromatic heterocycles. The van der Waals surface area contributed by atoms with Crippen LogP contribution in [-0.2, 0) is 4.84 Å². The van der Waals surface area contributed by atoms with Gasteiger partial charge in [0.25, 0.3) is 0 Å². The zero-order chi connectivity index (χ0) is 12.4. The Morgan fingerprint density at radius 2 is 1.72 bits per heavy atom. The monoisotopic (exact) mass is 239 g/mol. The van der Waals surface area contributed by atoms with Crippen molar-refractivity contribution in [3.05, 3.63) is 65.7 Å². The lowest BCUT2D eigenvalue weighted by Crippen LogP contribution is -2.23. The maximum atomic E-state index is 5.65. The zero-order valence-electron chi connectivity index (χ0n) is 9.71. The van der Waals surface area contributed by atoms with Crippen molar-refractivity contribution in [2.45, 2.75) is 6.23 Å². The van der Waals surface area contributed by atoms with Gasteiger partial charge in [-0.05, 0) is 24.3 Å². The summed E-state index contributed by atoms with van der Waals surface area (Å²) in [4.78, 5) is 5.38. The van der Waals surface area contributed by atoms with Gasteiger partial charge in [-0.1, -0.05) is 35.5 Å². The summed E-state index contributed by atoms with van der Waals surface area (Å²) in [7, 11) is 0. The Morgan fingerprint density at radius 3 is 2.44 bits per heavy atom. The van der Waals surface area contributed by atoms with Gasteiger partial charge in [-0.2, -0.15) is 0 Å². The van der Waals surface area contributed by atoms with E-state index in [2.05, 4.69) is 10.5 Å². The molecule has 2 aromatic carbocycles. The minimum absolute atomic E-state index is 0.223. The Kier molecular flexibility index (Phi) is 2.61. The maximum Gasteiger partial charge on any atom is 0.224 e. The van der Waals surface area contributed by atoms with Crippen LogP contribution in [0.1, 0.15) is 17.4 Å². The van der Waals surface area contributed by atoms with Crippen LogP contribution < -0.4 is 11.1 Å². The third kappa shape index (κ3) is 2.00. The van der Waals surface area contributed by atoms with Gasteiger partial charge in [0, 0.05) is 16.8 Å². The number of hydrogen-bond acceptors (Lipinski definition) is 4.